The van der Waals surface area contributed by atoms with Crippen molar-refractivity contribution in [3.05, 3.63) is 35.4 Å². The largest absolute Gasteiger partial charge is 0.377 e. The fraction of sp³-hybridized carbons (Fsp3) is 0.500. The van der Waals surface area contributed by atoms with Crippen LogP contribution in [0.25, 0.3) is 0 Å². The summed E-state index contributed by atoms with van der Waals surface area (Å²) in [6.45, 7) is 6.58. The minimum atomic E-state index is 0.530. The zero-order valence-corrected chi connectivity index (χ0v) is 10.6. The number of nitriles is 1. The maximum atomic E-state index is 8.76. The molecule has 1 aromatic carbocycles. The Hall–Kier alpha value is -1.37. The molecule has 0 atom stereocenters. The lowest BCUT2D eigenvalue weighted by molar-refractivity contribution is 0.118. The van der Waals surface area contributed by atoms with E-state index in [0.717, 1.165) is 25.1 Å². The van der Waals surface area contributed by atoms with Gasteiger partial charge in [-0.1, -0.05) is 26.0 Å². The minimum Gasteiger partial charge on any atom is -0.377 e. The van der Waals surface area contributed by atoms with Gasteiger partial charge in [-0.25, -0.2) is 0 Å². The van der Waals surface area contributed by atoms with Crippen LogP contribution in [-0.2, 0) is 11.3 Å². The summed E-state index contributed by atoms with van der Waals surface area (Å²) >= 11 is 0. The van der Waals surface area contributed by atoms with Crippen LogP contribution in [0.5, 0.6) is 0 Å². The van der Waals surface area contributed by atoms with Gasteiger partial charge in [0.15, 0.2) is 0 Å². The van der Waals surface area contributed by atoms with Gasteiger partial charge in [0, 0.05) is 12.6 Å². The van der Waals surface area contributed by atoms with Crippen molar-refractivity contribution in [2.75, 3.05) is 13.2 Å². The average molecular weight is 232 g/mol. The van der Waals surface area contributed by atoms with Crippen molar-refractivity contribution < 1.29 is 4.74 Å². The van der Waals surface area contributed by atoms with Gasteiger partial charge < -0.3 is 10.1 Å². The standard InChI is InChI=1S/C14H20N2O/c1-12(2)16-7-4-8-17-11-14-6-3-5-13(9-14)10-15/h3,5-6,9,12,16H,4,7-8,11H2,1-2H3. The molecule has 0 heterocycles. The Morgan fingerprint density at radius 2 is 2.24 bits per heavy atom. The van der Waals surface area contributed by atoms with Crippen LogP contribution >= 0.6 is 0 Å². The molecule has 17 heavy (non-hydrogen) atoms. The van der Waals surface area contributed by atoms with Gasteiger partial charge in [-0.05, 0) is 30.7 Å². The van der Waals surface area contributed by atoms with Crippen LogP contribution in [0, 0.1) is 11.3 Å². The maximum absolute atomic E-state index is 8.76. The summed E-state index contributed by atoms with van der Waals surface area (Å²) in [6.07, 6.45) is 1.01. The third-order valence-electron chi connectivity index (χ3n) is 2.34. The van der Waals surface area contributed by atoms with E-state index in [1.807, 2.05) is 18.2 Å². The molecule has 1 aromatic rings. The molecule has 0 bridgehead atoms. The topological polar surface area (TPSA) is 45.0 Å². The van der Waals surface area contributed by atoms with Crippen LogP contribution in [0.1, 0.15) is 31.4 Å². The third-order valence-corrected chi connectivity index (χ3v) is 2.34. The molecule has 0 spiro atoms. The van der Waals surface area contributed by atoms with Crippen molar-refractivity contribution in [3.63, 3.8) is 0 Å². The molecule has 0 saturated carbocycles. The molecule has 1 N–H and O–H groups in total. The second-order valence-electron chi connectivity index (χ2n) is 4.33. The van der Waals surface area contributed by atoms with E-state index < -0.39 is 0 Å². The summed E-state index contributed by atoms with van der Waals surface area (Å²) < 4.78 is 5.55. The van der Waals surface area contributed by atoms with Crippen molar-refractivity contribution in [3.8, 4) is 6.07 Å². The Morgan fingerprint density at radius 1 is 1.41 bits per heavy atom. The van der Waals surface area contributed by atoms with Crippen LogP contribution < -0.4 is 5.32 Å². The zero-order valence-electron chi connectivity index (χ0n) is 10.6. The molecule has 0 aliphatic carbocycles. The lowest BCUT2D eigenvalue weighted by Crippen LogP contribution is -2.24. The first-order valence-electron chi connectivity index (χ1n) is 6.02. The highest BCUT2D eigenvalue weighted by Crippen LogP contribution is 2.05. The molecular formula is C14H20N2O. The molecule has 0 aliphatic rings. The molecule has 0 fully saturated rings. The minimum absolute atomic E-state index is 0.530. The Balaban J connectivity index is 2.16. The molecule has 3 nitrogen and oxygen atoms in total. The first-order valence-corrected chi connectivity index (χ1v) is 6.02. The number of hydrogen-bond acceptors (Lipinski definition) is 3. The van der Waals surface area contributed by atoms with Crippen LogP contribution in [0.4, 0.5) is 0 Å². The molecule has 0 radical (unpaired) electrons. The second-order valence-corrected chi connectivity index (χ2v) is 4.33. The van der Waals surface area contributed by atoms with E-state index in [9.17, 15) is 0 Å². The number of benzene rings is 1. The number of hydrogen-bond donors (Lipinski definition) is 1. The van der Waals surface area contributed by atoms with Crippen molar-refractivity contribution in [2.45, 2.75) is 32.9 Å². The molecule has 92 valence electrons. The molecule has 0 aliphatic heterocycles. The molecule has 1 rings (SSSR count). The quantitative estimate of drug-likeness (QED) is 0.734. The average Bonchev–Trinajstić information content (AvgIpc) is 2.33. The summed E-state index contributed by atoms with van der Waals surface area (Å²) in [5.74, 6) is 0. The fourth-order valence-electron chi connectivity index (χ4n) is 1.49. The van der Waals surface area contributed by atoms with Crippen molar-refractivity contribution in [1.82, 2.24) is 5.32 Å². The van der Waals surface area contributed by atoms with Crippen LogP contribution in [0.2, 0.25) is 0 Å². The highest BCUT2D eigenvalue weighted by molar-refractivity contribution is 5.32. The van der Waals surface area contributed by atoms with E-state index in [-0.39, 0.29) is 0 Å². The first-order chi connectivity index (χ1) is 8.22. The lowest BCUT2D eigenvalue weighted by atomic mass is 10.1. The number of nitrogens with zero attached hydrogens (tertiary/aromatic N) is 1. The van der Waals surface area contributed by atoms with Gasteiger partial charge in [0.2, 0.25) is 0 Å². The predicted octanol–water partition coefficient (Wildman–Crippen LogP) is 2.46. The van der Waals surface area contributed by atoms with Crippen LogP contribution in [0.15, 0.2) is 24.3 Å². The SMILES string of the molecule is CC(C)NCCCOCc1cccc(C#N)c1. The van der Waals surface area contributed by atoms with Gasteiger partial charge in [0.25, 0.3) is 0 Å². The van der Waals surface area contributed by atoms with Crippen LogP contribution in [-0.4, -0.2) is 19.2 Å². The highest BCUT2D eigenvalue weighted by Gasteiger charge is 1.96. The van der Waals surface area contributed by atoms with Crippen molar-refractivity contribution in [1.29, 1.82) is 5.26 Å². The summed E-state index contributed by atoms with van der Waals surface area (Å²) in [7, 11) is 0. The summed E-state index contributed by atoms with van der Waals surface area (Å²) in [6, 6.07) is 10.2. The Labute approximate surface area is 103 Å². The molecular weight excluding hydrogens is 212 g/mol. The molecule has 0 amide bonds. The van der Waals surface area contributed by atoms with Gasteiger partial charge in [-0.15, -0.1) is 0 Å². The number of rotatable bonds is 7. The normalized spacial score (nSPS) is 10.5. The van der Waals surface area contributed by atoms with E-state index in [0.29, 0.717) is 18.2 Å². The molecule has 0 aromatic heterocycles. The Morgan fingerprint density at radius 3 is 2.94 bits per heavy atom. The predicted molar refractivity (Wildman–Crippen MR) is 68.6 cm³/mol. The Kier molecular flexibility index (Phi) is 6.31. The molecule has 3 heteroatoms. The molecule has 0 saturated heterocycles. The van der Waals surface area contributed by atoms with Crippen molar-refractivity contribution in [2.24, 2.45) is 0 Å². The van der Waals surface area contributed by atoms with E-state index in [4.69, 9.17) is 10.00 Å². The van der Waals surface area contributed by atoms with Gasteiger partial charge in [-0.2, -0.15) is 5.26 Å². The van der Waals surface area contributed by atoms with E-state index in [2.05, 4.69) is 25.2 Å². The number of nitrogens with one attached hydrogen (secondary N) is 1. The monoisotopic (exact) mass is 232 g/mol. The molecule has 0 unspecified atom stereocenters. The van der Waals surface area contributed by atoms with E-state index in [1.165, 1.54) is 0 Å². The van der Waals surface area contributed by atoms with Gasteiger partial charge in [0.1, 0.15) is 0 Å². The first kappa shape index (κ1) is 13.7. The highest BCUT2D eigenvalue weighted by atomic mass is 16.5. The lowest BCUT2D eigenvalue weighted by Gasteiger charge is -2.08. The summed E-state index contributed by atoms with van der Waals surface area (Å²) in [5.41, 5.74) is 1.74. The second kappa shape index (κ2) is 7.83. The Bertz CT molecular complexity index is 369. The fourth-order valence-corrected chi connectivity index (χ4v) is 1.49. The van der Waals surface area contributed by atoms with Crippen molar-refractivity contribution >= 4 is 0 Å². The maximum Gasteiger partial charge on any atom is 0.0991 e. The van der Waals surface area contributed by atoms with Crippen LogP contribution in [0.3, 0.4) is 0 Å². The van der Waals surface area contributed by atoms with E-state index >= 15 is 0 Å². The smallest absolute Gasteiger partial charge is 0.0991 e. The van der Waals surface area contributed by atoms with Gasteiger partial charge >= 0.3 is 0 Å². The summed E-state index contributed by atoms with van der Waals surface area (Å²) in [5, 5.41) is 12.1. The third kappa shape index (κ3) is 6.06. The zero-order chi connectivity index (χ0) is 12.5. The summed E-state index contributed by atoms with van der Waals surface area (Å²) in [4.78, 5) is 0. The number of ether oxygens (including phenoxy) is 1. The van der Waals surface area contributed by atoms with E-state index in [1.54, 1.807) is 6.07 Å². The van der Waals surface area contributed by atoms with Gasteiger partial charge in [0.05, 0.1) is 18.2 Å². The van der Waals surface area contributed by atoms with Gasteiger partial charge in [-0.3, -0.25) is 0 Å².